The number of aromatic nitrogens is 2. The summed E-state index contributed by atoms with van der Waals surface area (Å²) < 4.78 is 11.9. The van der Waals surface area contributed by atoms with E-state index in [1.54, 1.807) is 19.2 Å². The molecule has 0 atom stereocenters. The number of carbonyl (C=O) groups excluding carboxylic acids is 1. The Hall–Kier alpha value is -3.70. The predicted molar refractivity (Wildman–Crippen MR) is 140 cm³/mol. The Balaban J connectivity index is 1.61. The van der Waals surface area contributed by atoms with Crippen LogP contribution in [0.2, 0.25) is 0 Å². The smallest absolute Gasteiger partial charge is 0.407 e. The van der Waals surface area contributed by atoms with Crippen LogP contribution in [0, 0.1) is 0 Å². The van der Waals surface area contributed by atoms with E-state index in [1.165, 1.54) is 17.3 Å². The van der Waals surface area contributed by atoms with Crippen molar-refractivity contribution in [1.82, 2.24) is 14.9 Å². The van der Waals surface area contributed by atoms with Crippen LogP contribution in [0.5, 0.6) is 5.75 Å². The average molecular weight is 556 g/mol. The van der Waals surface area contributed by atoms with Gasteiger partial charge in [0.25, 0.3) is 0 Å². The van der Waals surface area contributed by atoms with Gasteiger partial charge >= 0.3 is 6.09 Å². The van der Waals surface area contributed by atoms with E-state index in [-0.39, 0.29) is 5.91 Å². The van der Waals surface area contributed by atoms with Crippen molar-refractivity contribution in [3.05, 3.63) is 58.8 Å². The number of nitrogens with zero attached hydrogens (tertiary/aromatic N) is 3. The first-order valence-corrected chi connectivity index (χ1v) is 12.1. The molecule has 1 aliphatic heterocycles. The molecule has 1 saturated heterocycles. The van der Waals surface area contributed by atoms with Crippen LogP contribution in [-0.4, -0.2) is 65.4 Å². The van der Waals surface area contributed by atoms with Crippen molar-refractivity contribution in [1.29, 1.82) is 0 Å². The minimum Gasteiger partial charge on any atom is -0.489 e. The zero-order valence-corrected chi connectivity index (χ0v) is 21.2. The van der Waals surface area contributed by atoms with Gasteiger partial charge in [0, 0.05) is 47.9 Å². The second-order valence-corrected chi connectivity index (χ2v) is 9.04. The number of ether oxygens (including phenoxy) is 2. The monoisotopic (exact) mass is 555 g/mol. The number of carboxylic acid groups (broad SMARTS) is 1. The molecular weight excluding hydrogens is 530 g/mol. The maximum absolute atomic E-state index is 12.9. The maximum Gasteiger partial charge on any atom is 0.407 e. The van der Waals surface area contributed by atoms with Crippen LogP contribution >= 0.6 is 15.9 Å². The van der Waals surface area contributed by atoms with Gasteiger partial charge in [-0.25, -0.2) is 14.8 Å². The standard InChI is InChI=1S/C25H26BrN5O5/c1-35-9-10-36-22-14-20-19(24(28-15-27-20)29-18-4-2-3-17(26)12-18)13-21(22)30-23(32)11-16-5-7-31(8-6-16)25(33)34/h2-4,11-15H,5-10H2,1H3,(H,30,32)(H,33,34)(H,27,28,29). The van der Waals surface area contributed by atoms with Crippen LogP contribution in [0.25, 0.3) is 10.9 Å². The van der Waals surface area contributed by atoms with Crippen LogP contribution in [-0.2, 0) is 9.53 Å². The van der Waals surface area contributed by atoms with Gasteiger partial charge in [0.2, 0.25) is 5.91 Å². The number of likely N-dealkylation sites (tertiary alicyclic amines) is 1. The lowest BCUT2D eigenvalue weighted by molar-refractivity contribution is -0.112. The first kappa shape index (κ1) is 25.4. The summed E-state index contributed by atoms with van der Waals surface area (Å²) in [5, 5.41) is 16.0. The molecule has 0 aliphatic carbocycles. The zero-order valence-electron chi connectivity index (χ0n) is 19.7. The molecule has 2 aromatic carbocycles. The van der Waals surface area contributed by atoms with E-state index in [9.17, 15) is 9.59 Å². The molecule has 1 aliphatic rings. The molecule has 0 unspecified atom stereocenters. The van der Waals surface area contributed by atoms with Gasteiger partial charge in [-0.1, -0.05) is 27.6 Å². The molecule has 2 amide bonds. The molecule has 2 heterocycles. The predicted octanol–water partition coefficient (Wildman–Crippen LogP) is 4.80. The SMILES string of the molecule is COCCOc1cc2ncnc(Nc3cccc(Br)c3)c2cc1NC(=O)C=C1CCN(C(=O)O)CC1. The van der Waals surface area contributed by atoms with E-state index in [0.29, 0.717) is 67.3 Å². The zero-order chi connectivity index (χ0) is 25.5. The largest absolute Gasteiger partial charge is 0.489 e. The Morgan fingerprint density at radius 2 is 1.97 bits per heavy atom. The summed E-state index contributed by atoms with van der Waals surface area (Å²) in [7, 11) is 1.58. The molecular formula is C25H26BrN5O5. The molecule has 1 fully saturated rings. The van der Waals surface area contributed by atoms with Crippen LogP contribution in [0.15, 0.2) is 58.8 Å². The third-order valence-corrected chi connectivity index (χ3v) is 6.13. The first-order valence-electron chi connectivity index (χ1n) is 11.3. The van der Waals surface area contributed by atoms with Crippen LogP contribution < -0.4 is 15.4 Å². The highest BCUT2D eigenvalue weighted by Gasteiger charge is 2.19. The lowest BCUT2D eigenvalue weighted by atomic mass is 10.0. The molecule has 3 N–H and O–H groups in total. The van der Waals surface area contributed by atoms with Crippen molar-refractivity contribution in [3.63, 3.8) is 0 Å². The Kier molecular flexibility index (Phi) is 8.34. The number of anilines is 3. The Morgan fingerprint density at radius 1 is 1.17 bits per heavy atom. The quantitative estimate of drug-likeness (QED) is 0.267. The number of halogens is 1. The fourth-order valence-electron chi connectivity index (χ4n) is 3.82. The number of methoxy groups -OCH3 is 1. The second kappa shape index (κ2) is 11.8. The molecule has 188 valence electrons. The lowest BCUT2D eigenvalue weighted by Crippen LogP contribution is -2.35. The number of hydrogen-bond acceptors (Lipinski definition) is 7. The van der Waals surface area contributed by atoms with E-state index >= 15 is 0 Å². The average Bonchev–Trinajstić information content (AvgIpc) is 2.85. The van der Waals surface area contributed by atoms with Crippen molar-refractivity contribution in [2.75, 3.05) is 44.0 Å². The van der Waals surface area contributed by atoms with Gasteiger partial charge in [-0.05, 0) is 37.1 Å². The van der Waals surface area contributed by atoms with Gasteiger partial charge in [-0.2, -0.15) is 0 Å². The van der Waals surface area contributed by atoms with Crippen molar-refractivity contribution in [2.45, 2.75) is 12.8 Å². The van der Waals surface area contributed by atoms with E-state index in [4.69, 9.17) is 14.6 Å². The number of hydrogen-bond donors (Lipinski definition) is 3. The van der Waals surface area contributed by atoms with Gasteiger partial charge in [-0.15, -0.1) is 0 Å². The van der Waals surface area contributed by atoms with Gasteiger partial charge in [0.1, 0.15) is 24.5 Å². The number of amides is 2. The van der Waals surface area contributed by atoms with Crippen molar-refractivity contribution >= 4 is 56.0 Å². The number of piperidine rings is 1. The molecule has 4 rings (SSSR count). The number of rotatable bonds is 8. The minimum absolute atomic E-state index is 0.297. The minimum atomic E-state index is -0.943. The topological polar surface area (TPSA) is 126 Å². The van der Waals surface area contributed by atoms with Gasteiger partial charge < -0.3 is 30.1 Å². The number of benzene rings is 2. The van der Waals surface area contributed by atoms with Crippen LogP contribution in [0.1, 0.15) is 12.8 Å². The van der Waals surface area contributed by atoms with E-state index in [0.717, 1.165) is 15.7 Å². The first-order chi connectivity index (χ1) is 17.4. The fraction of sp³-hybridized carbons (Fsp3) is 0.280. The van der Waals surface area contributed by atoms with Gasteiger partial charge in [0.05, 0.1) is 17.8 Å². The third kappa shape index (κ3) is 6.49. The Morgan fingerprint density at radius 3 is 2.69 bits per heavy atom. The van der Waals surface area contributed by atoms with Crippen LogP contribution in [0.4, 0.5) is 22.0 Å². The molecule has 0 saturated carbocycles. The molecule has 0 spiro atoms. The molecule has 0 radical (unpaired) electrons. The summed E-state index contributed by atoms with van der Waals surface area (Å²) in [4.78, 5) is 34.1. The van der Waals surface area contributed by atoms with Crippen molar-refractivity contribution in [2.24, 2.45) is 0 Å². The van der Waals surface area contributed by atoms with E-state index in [2.05, 4.69) is 36.5 Å². The molecule has 0 bridgehead atoms. The van der Waals surface area contributed by atoms with Crippen molar-refractivity contribution < 1.29 is 24.2 Å². The summed E-state index contributed by atoms with van der Waals surface area (Å²) in [6, 6.07) is 11.2. The molecule has 11 heteroatoms. The maximum atomic E-state index is 12.9. The van der Waals surface area contributed by atoms with E-state index in [1.807, 2.05) is 24.3 Å². The summed E-state index contributed by atoms with van der Waals surface area (Å²) in [5.41, 5.74) is 2.85. The normalized spacial score (nSPS) is 13.4. The summed E-state index contributed by atoms with van der Waals surface area (Å²) >= 11 is 3.47. The number of carbonyl (C=O) groups is 2. The Labute approximate surface area is 216 Å². The number of nitrogens with one attached hydrogen (secondary N) is 2. The third-order valence-electron chi connectivity index (χ3n) is 5.64. The van der Waals surface area contributed by atoms with Gasteiger partial charge in [-0.3, -0.25) is 4.79 Å². The molecule has 1 aromatic heterocycles. The molecule has 10 nitrogen and oxygen atoms in total. The summed E-state index contributed by atoms with van der Waals surface area (Å²) in [6.07, 6.45) is 3.09. The summed E-state index contributed by atoms with van der Waals surface area (Å²) in [6.45, 7) is 1.43. The number of fused-ring (bicyclic) bond motifs is 1. The van der Waals surface area contributed by atoms with Crippen molar-refractivity contribution in [3.8, 4) is 5.75 Å². The van der Waals surface area contributed by atoms with Crippen LogP contribution in [0.3, 0.4) is 0 Å². The molecule has 36 heavy (non-hydrogen) atoms. The summed E-state index contributed by atoms with van der Waals surface area (Å²) in [5.74, 6) is 0.721. The van der Waals surface area contributed by atoms with E-state index < -0.39 is 6.09 Å². The molecule has 3 aromatic rings. The lowest BCUT2D eigenvalue weighted by Gasteiger charge is -2.25. The fourth-order valence-corrected chi connectivity index (χ4v) is 4.22. The van der Waals surface area contributed by atoms with Gasteiger partial charge in [0.15, 0.2) is 0 Å². The highest BCUT2D eigenvalue weighted by atomic mass is 79.9. The second-order valence-electron chi connectivity index (χ2n) is 8.13. The highest BCUT2D eigenvalue weighted by molar-refractivity contribution is 9.10. The Bertz CT molecular complexity index is 1290. The highest BCUT2D eigenvalue weighted by Crippen LogP contribution is 2.34.